The van der Waals surface area contributed by atoms with Crippen LogP contribution in [0, 0.1) is 0 Å². The van der Waals surface area contributed by atoms with Crippen molar-refractivity contribution in [3.63, 3.8) is 0 Å². The lowest BCUT2D eigenvalue weighted by Gasteiger charge is -2.18. The quantitative estimate of drug-likeness (QED) is 0.167. The summed E-state index contributed by atoms with van der Waals surface area (Å²) in [7, 11) is 0. The molecule has 0 bridgehead atoms. The monoisotopic (exact) mass is 444 g/mol. The number of hydrogen-bond acceptors (Lipinski definition) is 6. The lowest BCUT2D eigenvalue weighted by molar-refractivity contribution is 0.615. The van der Waals surface area contributed by atoms with Gasteiger partial charge in [-0.05, 0) is 32.7 Å². The molecule has 0 heterocycles. The van der Waals surface area contributed by atoms with Gasteiger partial charge in [0.25, 0.3) is 0 Å². The van der Waals surface area contributed by atoms with Crippen LogP contribution in [0.25, 0.3) is 21.5 Å². The van der Waals surface area contributed by atoms with E-state index in [4.69, 9.17) is 11.5 Å². The van der Waals surface area contributed by atoms with Crippen LogP contribution in [-0.2, 0) is 13.1 Å². The lowest BCUT2D eigenvalue weighted by Crippen LogP contribution is -2.30. The summed E-state index contributed by atoms with van der Waals surface area (Å²) < 4.78 is 0. The van der Waals surface area contributed by atoms with Crippen molar-refractivity contribution in [1.29, 1.82) is 0 Å². The van der Waals surface area contributed by atoms with Gasteiger partial charge in [0.1, 0.15) is 0 Å². The third-order valence-electron chi connectivity index (χ3n) is 5.36. The van der Waals surface area contributed by atoms with Crippen molar-refractivity contribution < 1.29 is 0 Å². The molecule has 6 nitrogen and oxygen atoms in total. The number of hydrogen-bond donors (Lipinski definition) is 6. The minimum atomic E-state index is 0. The molecule has 3 rings (SSSR count). The summed E-state index contributed by atoms with van der Waals surface area (Å²) in [5.41, 5.74) is 13.8. The first-order chi connectivity index (χ1) is 14.9. The Morgan fingerprint density at radius 2 is 0.806 bits per heavy atom. The average molecular weight is 445 g/mol. The molecule has 0 saturated carbocycles. The van der Waals surface area contributed by atoms with Gasteiger partial charge in [-0.25, -0.2) is 0 Å². The zero-order valence-electron chi connectivity index (χ0n) is 18.3. The average Bonchev–Trinajstić information content (AvgIpc) is 2.79. The molecule has 3 aromatic rings. The second kappa shape index (κ2) is 14.3. The van der Waals surface area contributed by atoms with E-state index in [1.165, 1.54) is 32.7 Å². The Hall–Kier alpha value is -1.77. The molecule has 31 heavy (non-hydrogen) atoms. The van der Waals surface area contributed by atoms with E-state index >= 15 is 0 Å². The Labute approximate surface area is 191 Å². The maximum Gasteiger partial charge on any atom is 0.0218 e. The maximum absolute atomic E-state index is 5.54. The minimum Gasteiger partial charge on any atom is -0.329 e. The normalized spacial score (nSPS) is 11.2. The largest absolute Gasteiger partial charge is 0.329 e. The molecule has 0 unspecified atom stereocenters. The van der Waals surface area contributed by atoms with Crippen molar-refractivity contribution >= 4 is 34.0 Å². The molecule has 7 heteroatoms. The van der Waals surface area contributed by atoms with Gasteiger partial charge in [-0.2, -0.15) is 0 Å². The Kier molecular flexibility index (Phi) is 11.8. The topological polar surface area (TPSA) is 100 Å². The summed E-state index contributed by atoms with van der Waals surface area (Å²) in [6.45, 7) is 8.45. The number of halogens is 1. The minimum absolute atomic E-state index is 0. The van der Waals surface area contributed by atoms with E-state index in [0.717, 1.165) is 52.4 Å². The van der Waals surface area contributed by atoms with E-state index in [9.17, 15) is 0 Å². The van der Waals surface area contributed by atoms with Crippen molar-refractivity contribution in [3.05, 3.63) is 59.7 Å². The van der Waals surface area contributed by atoms with E-state index in [2.05, 4.69) is 69.8 Å². The van der Waals surface area contributed by atoms with Gasteiger partial charge in [-0.15, -0.1) is 12.4 Å². The SMILES string of the molecule is Cl.NCCNCCNCc1c2ccccc2c(CNCCNCCN)c2ccccc12. The van der Waals surface area contributed by atoms with Gasteiger partial charge < -0.3 is 32.7 Å². The molecule has 3 aromatic carbocycles. The fourth-order valence-corrected chi connectivity index (χ4v) is 3.92. The predicted molar refractivity (Wildman–Crippen MR) is 136 cm³/mol. The summed E-state index contributed by atoms with van der Waals surface area (Å²) in [6, 6.07) is 17.5. The molecule has 0 aliphatic carbocycles. The van der Waals surface area contributed by atoms with Gasteiger partial charge in [0, 0.05) is 65.4 Å². The number of nitrogens with two attached hydrogens (primary N) is 2. The number of benzene rings is 3. The summed E-state index contributed by atoms with van der Waals surface area (Å²) >= 11 is 0. The van der Waals surface area contributed by atoms with Crippen LogP contribution in [0.5, 0.6) is 0 Å². The second-order valence-corrected chi connectivity index (χ2v) is 7.48. The van der Waals surface area contributed by atoms with Gasteiger partial charge in [0.05, 0.1) is 0 Å². The Morgan fingerprint density at radius 1 is 0.484 bits per heavy atom. The van der Waals surface area contributed by atoms with Gasteiger partial charge in [0.2, 0.25) is 0 Å². The van der Waals surface area contributed by atoms with Crippen molar-refractivity contribution in [2.75, 3.05) is 52.4 Å². The number of fused-ring (bicyclic) bond motifs is 2. The van der Waals surface area contributed by atoms with Crippen LogP contribution in [0.2, 0.25) is 0 Å². The van der Waals surface area contributed by atoms with Gasteiger partial charge in [0.15, 0.2) is 0 Å². The molecule has 0 saturated heterocycles. The third-order valence-corrected chi connectivity index (χ3v) is 5.36. The van der Waals surface area contributed by atoms with Crippen LogP contribution in [-0.4, -0.2) is 52.4 Å². The number of nitrogens with one attached hydrogen (secondary N) is 4. The third kappa shape index (κ3) is 7.12. The smallest absolute Gasteiger partial charge is 0.0218 e. The molecule has 0 atom stereocenters. The highest BCUT2D eigenvalue weighted by Gasteiger charge is 2.13. The van der Waals surface area contributed by atoms with Crippen LogP contribution < -0.4 is 32.7 Å². The molecule has 0 spiro atoms. The van der Waals surface area contributed by atoms with Gasteiger partial charge in [-0.3, -0.25) is 0 Å². The van der Waals surface area contributed by atoms with Crippen LogP contribution in [0.4, 0.5) is 0 Å². The van der Waals surface area contributed by atoms with Crippen molar-refractivity contribution in [3.8, 4) is 0 Å². The van der Waals surface area contributed by atoms with E-state index in [1.807, 2.05) is 0 Å². The van der Waals surface area contributed by atoms with E-state index in [0.29, 0.717) is 13.1 Å². The van der Waals surface area contributed by atoms with Crippen LogP contribution in [0.15, 0.2) is 48.5 Å². The summed E-state index contributed by atoms with van der Waals surface area (Å²) in [4.78, 5) is 0. The maximum atomic E-state index is 5.54. The second-order valence-electron chi connectivity index (χ2n) is 7.48. The molecule has 8 N–H and O–H groups in total. The Bertz CT molecular complexity index is 786. The first-order valence-electron chi connectivity index (χ1n) is 11.0. The molecular formula is C24H37ClN6. The van der Waals surface area contributed by atoms with Crippen LogP contribution in [0.3, 0.4) is 0 Å². The highest BCUT2D eigenvalue weighted by Crippen LogP contribution is 2.32. The van der Waals surface area contributed by atoms with E-state index < -0.39 is 0 Å². The molecule has 170 valence electrons. The molecule has 0 radical (unpaired) electrons. The van der Waals surface area contributed by atoms with E-state index in [-0.39, 0.29) is 12.4 Å². The van der Waals surface area contributed by atoms with Gasteiger partial charge in [-0.1, -0.05) is 48.5 Å². The summed E-state index contributed by atoms with van der Waals surface area (Å²) in [5.74, 6) is 0. The molecule has 0 amide bonds. The predicted octanol–water partition coefficient (Wildman–Crippen LogP) is 1.69. The Morgan fingerprint density at radius 3 is 1.13 bits per heavy atom. The lowest BCUT2D eigenvalue weighted by atomic mass is 9.91. The standard InChI is InChI=1S/C24H36N6.ClH/c25-9-11-27-13-15-29-17-23-19-5-1-2-6-20(19)24(18-30-16-14-28-12-10-26)22-8-4-3-7-21(22)23;/h1-8,27-30H,9-18,25-26H2;1H. The number of rotatable bonds is 14. The van der Waals surface area contributed by atoms with Gasteiger partial charge >= 0.3 is 0 Å². The zero-order chi connectivity index (χ0) is 21.0. The Balaban J connectivity index is 0.00000341. The van der Waals surface area contributed by atoms with Crippen molar-refractivity contribution in [1.82, 2.24) is 21.3 Å². The van der Waals surface area contributed by atoms with Crippen LogP contribution in [0.1, 0.15) is 11.1 Å². The van der Waals surface area contributed by atoms with Crippen molar-refractivity contribution in [2.24, 2.45) is 11.5 Å². The summed E-state index contributed by atoms with van der Waals surface area (Å²) in [5, 5.41) is 19.2. The fraction of sp³-hybridized carbons (Fsp3) is 0.417. The molecule has 0 aromatic heterocycles. The zero-order valence-corrected chi connectivity index (χ0v) is 19.1. The highest BCUT2D eigenvalue weighted by atomic mass is 35.5. The van der Waals surface area contributed by atoms with Crippen LogP contribution >= 0.6 is 12.4 Å². The first-order valence-corrected chi connectivity index (χ1v) is 11.0. The molecular weight excluding hydrogens is 408 g/mol. The highest BCUT2D eigenvalue weighted by molar-refractivity contribution is 6.05. The molecule has 0 aliphatic rings. The summed E-state index contributed by atoms with van der Waals surface area (Å²) in [6.07, 6.45) is 0. The van der Waals surface area contributed by atoms with Crippen molar-refractivity contribution in [2.45, 2.75) is 13.1 Å². The molecule has 0 aliphatic heterocycles. The van der Waals surface area contributed by atoms with E-state index in [1.54, 1.807) is 0 Å². The first kappa shape index (κ1) is 25.5. The fourth-order valence-electron chi connectivity index (χ4n) is 3.92. The molecule has 0 fully saturated rings.